The SMILES string of the molecule is CCc1nc(C(CC)CC)sc1C(C)N. The van der Waals surface area contributed by atoms with E-state index in [9.17, 15) is 0 Å². The predicted molar refractivity (Wildman–Crippen MR) is 67.4 cm³/mol. The highest BCUT2D eigenvalue weighted by Crippen LogP contribution is 2.32. The Kier molecular flexibility index (Phi) is 4.74. The average molecular weight is 226 g/mol. The van der Waals surface area contributed by atoms with Crippen molar-refractivity contribution in [1.29, 1.82) is 0 Å². The molecule has 1 aromatic heterocycles. The fourth-order valence-electron chi connectivity index (χ4n) is 1.80. The van der Waals surface area contributed by atoms with E-state index >= 15 is 0 Å². The third-order valence-corrected chi connectivity index (χ3v) is 4.29. The Morgan fingerprint density at radius 2 is 1.87 bits per heavy atom. The van der Waals surface area contributed by atoms with Crippen LogP contribution in [0, 0.1) is 0 Å². The molecule has 0 radical (unpaired) electrons. The number of hydrogen-bond donors (Lipinski definition) is 1. The molecule has 0 aliphatic carbocycles. The Hall–Kier alpha value is -0.410. The molecule has 1 heterocycles. The molecule has 1 atom stereocenters. The number of rotatable bonds is 5. The Labute approximate surface area is 96.9 Å². The molecule has 0 aromatic carbocycles. The van der Waals surface area contributed by atoms with Crippen molar-refractivity contribution in [2.24, 2.45) is 5.73 Å². The van der Waals surface area contributed by atoms with Crippen molar-refractivity contribution in [3.8, 4) is 0 Å². The highest BCUT2D eigenvalue weighted by atomic mass is 32.1. The summed E-state index contributed by atoms with van der Waals surface area (Å²) in [5.41, 5.74) is 7.16. The lowest BCUT2D eigenvalue weighted by Crippen LogP contribution is -2.05. The van der Waals surface area contributed by atoms with Crippen LogP contribution in [0.4, 0.5) is 0 Å². The fourth-order valence-corrected chi connectivity index (χ4v) is 3.18. The van der Waals surface area contributed by atoms with Gasteiger partial charge in [0.15, 0.2) is 0 Å². The van der Waals surface area contributed by atoms with Crippen LogP contribution < -0.4 is 5.73 Å². The third kappa shape index (κ3) is 2.79. The maximum atomic E-state index is 5.96. The van der Waals surface area contributed by atoms with Crippen LogP contribution in [0.25, 0.3) is 0 Å². The molecule has 0 saturated heterocycles. The molecule has 2 nitrogen and oxygen atoms in total. The molecule has 1 aromatic rings. The van der Waals surface area contributed by atoms with E-state index in [2.05, 4.69) is 20.8 Å². The van der Waals surface area contributed by atoms with Gasteiger partial charge in [0.1, 0.15) is 0 Å². The van der Waals surface area contributed by atoms with Crippen LogP contribution in [0.5, 0.6) is 0 Å². The van der Waals surface area contributed by atoms with Gasteiger partial charge in [-0.05, 0) is 26.2 Å². The van der Waals surface area contributed by atoms with Gasteiger partial charge in [0.25, 0.3) is 0 Å². The summed E-state index contributed by atoms with van der Waals surface area (Å²) >= 11 is 1.81. The van der Waals surface area contributed by atoms with Gasteiger partial charge >= 0.3 is 0 Å². The van der Waals surface area contributed by atoms with E-state index in [0.717, 1.165) is 6.42 Å². The standard InChI is InChI=1S/C12H22N2S/c1-5-9(6-2)12-14-10(7-3)11(15-12)8(4)13/h8-9H,5-7,13H2,1-4H3. The van der Waals surface area contributed by atoms with E-state index < -0.39 is 0 Å². The molecule has 86 valence electrons. The summed E-state index contributed by atoms with van der Waals surface area (Å²) in [6, 6.07) is 0.126. The quantitative estimate of drug-likeness (QED) is 0.832. The van der Waals surface area contributed by atoms with Crippen LogP contribution in [0.2, 0.25) is 0 Å². The minimum atomic E-state index is 0.126. The highest BCUT2D eigenvalue weighted by molar-refractivity contribution is 7.11. The first-order valence-electron chi connectivity index (χ1n) is 5.88. The van der Waals surface area contributed by atoms with E-state index in [1.165, 1.54) is 28.4 Å². The topological polar surface area (TPSA) is 38.9 Å². The molecule has 0 bridgehead atoms. The number of aromatic nitrogens is 1. The summed E-state index contributed by atoms with van der Waals surface area (Å²) < 4.78 is 0. The van der Waals surface area contributed by atoms with Crippen molar-refractivity contribution in [3.63, 3.8) is 0 Å². The zero-order valence-electron chi connectivity index (χ0n) is 10.2. The van der Waals surface area contributed by atoms with E-state index in [4.69, 9.17) is 10.7 Å². The van der Waals surface area contributed by atoms with Gasteiger partial charge in [-0.25, -0.2) is 4.98 Å². The lowest BCUT2D eigenvalue weighted by atomic mass is 10.1. The van der Waals surface area contributed by atoms with Crippen LogP contribution in [-0.4, -0.2) is 4.98 Å². The van der Waals surface area contributed by atoms with Gasteiger partial charge in [-0.15, -0.1) is 11.3 Å². The second-order valence-electron chi connectivity index (χ2n) is 4.02. The summed E-state index contributed by atoms with van der Waals surface area (Å²) in [5, 5.41) is 1.28. The third-order valence-electron chi connectivity index (χ3n) is 2.83. The van der Waals surface area contributed by atoms with Crippen LogP contribution in [0.3, 0.4) is 0 Å². The van der Waals surface area contributed by atoms with Gasteiger partial charge < -0.3 is 5.73 Å². The molecule has 0 aliphatic heterocycles. The number of aryl methyl sites for hydroxylation is 1. The normalized spacial score (nSPS) is 13.5. The van der Waals surface area contributed by atoms with Crippen LogP contribution in [0.1, 0.15) is 68.1 Å². The monoisotopic (exact) mass is 226 g/mol. The second kappa shape index (κ2) is 5.61. The molecule has 1 unspecified atom stereocenters. The predicted octanol–water partition coefficient (Wildman–Crippen LogP) is 3.63. The molecular weight excluding hydrogens is 204 g/mol. The number of nitrogens with two attached hydrogens (primary N) is 1. The molecule has 0 aliphatic rings. The summed E-state index contributed by atoms with van der Waals surface area (Å²) in [6.07, 6.45) is 3.34. The summed E-state index contributed by atoms with van der Waals surface area (Å²) in [4.78, 5) is 6.01. The summed E-state index contributed by atoms with van der Waals surface area (Å²) in [5.74, 6) is 0.618. The molecular formula is C12H22N2S. The molecule has 0 fully saturated rings. The highest BCUT2D eigenvalue weighted by Gasteiger charge is 2.17. The van der Waals surface area contributed by atoms with E-state index in [1.807, 2.05) is 18.3 Å². The molecule has 0 saturated carbocycles. The van der Waals surface area contributed by atoms with Crippen molar-refractivity contribution < 1.29 is 0 Å². The van der Waals surface area contributed by atoms with Crippen LogP contribution in [-0.2, 0) is 6.42 Å². The first kappa shape index (κ1) is 12.7. The molecule has 1 rings (SSSR count). The number of hydrogen-bond acceptors (Lipinski definition) is 3. The second-order valence-corrected chi connectivity index (χ2v) is 5.08. The Morgan fingerprint density at radius 1 is 1.27 bits per heavy atom. The van der Waals surface area contributed by atoms with E-state index in [0.29, 0.717) is 5.92 Å². The van der Waals surface area contributed by atoms with Crippen LogP contribution >= 0.6 is 11.3 Å². The summed E-state index contributed by atoms with van der Waals surface area (Å²) in [7, 11) is 0. The lowest BCUT2D eigenvalue weighted by Gasteiger charge is -2.07. The van der Waals surface area contributed by atoms with Gasteiger partial charge in [-0.1, -0.05) is 20.8 Å². The van der Waals surface area contributed by atoms with Gasteiger partial charge in [0.05, 0.1) is 10.7 Å². The van der Waals surface area contributed by atoms with E-state index in [-0.39, 0.29) is 6.04 Å². The van der Waals surface area contributed by atoms with Gasteiger partial charge in [0, 0.05) is 16.8 Å². The first-order valence-corrected chi connectivity index (χ1v) is 6.70. The minimum absolute atomic E-state index is 0.126. The van der Waals surface area contributed by atoms with Crippen molar-refractivity contribution in [3.05, 3.63) is 15.6 Å². The molecule has 3 heteroatoms. The lowest BCUT2D eigenvalue weighted by molar-refractivity contribution is 0.635. The zero-order chi connectivity index (χ0) is 11.4. The Morgan fingerprint density at radius 3 is 2.20 bits per heavy atom. The molecule has 2 N–H and O–H groups in total. The number of thiazole rings is 1. The summed E-state index contributed by atoms with van der Waals surface area (Å²) in [6.45, 7) is 8.65. The molecule has 0 spiro atoms. The largest absolute Gasteiger partial charge is 0.323 e. The Balaban J connectivity index is 3.01. The first-order chi connectivity index (χ1) is 7.13. The van der Waals surface area contributed by atoms with Crippen molar-refractivity contribution in [2.45, 2.75) is 58.9 Å². The maximum Gasteiger partial charge on any atom is 0.0962 e. The number of nitrogens with zero attached hydrogens (tertiary/aromatic N) is 1. The van der Waals surface area contributed by atoms with E-state index in [1.54, 1.807) is 0 Å². The van der Waals surface area contributed by atoms with Gasteiger partial charge in [-0.2, -0.15) is 0 Å². The Bertz CT molecular complexity index is 301. The smallest absolute Gasteiger partial charge is 0.0962 e. The van der Waals surface area contributed by atoms with Gasteiger partial charge in [-0.3, -0.25) is 0 Å². The van der Waals surface area contributed by atoms with Crippen molar-refractivity contribution >= 4 is 11.3 Å². The fraction of sp³-hybridized carbons (Fsp3) is 0.750. The van der Waals surface area contributed by atoms with Gasteiger partial charge in [0.2, 0.25) is 0 Å². The minimum Gasteiger partial charge on any atom is -0.323 e. The molecule has 0 amide bonds. The van der Waals surface area contributed by atoms with Crippen molar-refractivity contribution in [1.82, 2.24) is 4.98 Å². The maximum absolute atomic E-state index is 5.96. The van der Waals surface area contributed by atoms with Crippen LogP contribution in [0.15, 0.2) is 0 Å². The van der Waals surface area contributed by atoms with Crippen molar-refractivity contribution in [2.75, 3.05) is 0 Å². The zero-order valence-corrected chi connectivity index (χ0v) is 11.0. The average Bonchev–Trinajstić information content (AvgIpc) is 2.64. The molecule has 15 heavy (non-hydrogen) atoms.